The Bertz CT molecular complexity index is 470. The largest absolute Gasteiger partial charge is 0.398 e. The molecule has 15 heavy (non-hydrogen) atoms. The fourth-order valence-electron chi connectivity index (χ4n) is 1.35. The second kappa shape index (κ2) is 3.52. The van der Waals surface area contributed by atoms with Gasteiger partial charge in [0.2, 0.25) is 0 Å². The summed E-state index contributed by atoms with van der Waals surface area (Å²) < 4.78 is 22.7. The zero-order chi connectivity index (χ0) is 11.9. The zero-order valence-corrected chi connectivity index (χ0v) is 10.4. The maximum Gasteiger partial charge on any atom is 0.177 e. The van der Waals surface area contributed by atoms with Gasteiger partial charge in [-0.25, -0.2) is 8.42 Å². The second-order valence-electron chi connectivity index (χ2n) is 4.77. The maximum absolute atomic E-state index is 11.3. The van der Waals surface area contributed by atoms with Crippen molar-refractivity contribution in [3.63, 3.8) is 0 Å². The molecule has 0 aliphatic rings. The highest BCUT2D eigenvalue weighted by molar-refractivity contribution is 7.90. The van der Waals surface area contributed by atoms with E-state index in [1.807, 2.05) is 6.07 Å². The minimum atomic E-state index is -3.22. The quantitative estimate of drug-likeness (QED) is 0.746. The molecule has 0 atom stereocenters. The van der Waals surface area contributed by atoms with Crippen LogP contribution in [0.4, 0.5) is 5.69 Å². The number of sulfone groups is 1. The second-order valence-corrected chi connectivity index (χ2v) is 6.76. The highest BCUT2D eigenvalue weighted by Crippen LogP contribution is 2.27. The van der Waals surface area contributed by atoms with Gasteiger partial charge in [-0.2, -0.15) is 0 Å². The van der Waals surface area contributed by atoms with Crippen LogP contribution in [0.2, 0.25) is 0 Å². The number of nitrogen functional groups attached to an aromatic ring is 1. The van der Waals surface area contributed by atoms with Gasteiger partial charge in [0.05, 0.1) is 10.6 Å². The van der Waals surface area contributed by atoms with Crippen molar-refractivity contribution in [3.8, 4) is 0 Å². The van der Waals surface area contributed by atoms with Crippen LogP contribution in [-0.2, 0) is 15.3 Å². The molecule has 0 aromatic heterocycles. The smallest absolute Gasteiger partial charge is 0.177 e. The zero-order valence-electron chi connectivity index (χ0n) is 9.53. The van der Waals surface area contributed by atoms with Crippen molar-refractivity contribution in [2.24, 2.45) is 0 Å². The van der Waals surface area contributed by atoms with Crippen molar-refractivity contribution in [2.45, 2.75) is 31.1 Å². The van der Waals surface area contributed by atoms with E-state index in [1.54, 1.807) is 12.1 Å². The van der Waals surface area contributed by atoms with Gasteiger partial charge in [0, 0.05) is 6.26 Å². The molecule has 1 aromatic rings. The van der Waals surface area contributed by atoms with Crippen LogP contribution in [-0.4, -0.2) is 14.7 Å². The minimum Gasteiger partial charge on any atom is -0.398 e. The summed E-state index contributed by atoms with van der Waals surface area (Å²) in [6, 6.07) is 5.12. The molecule has 0 aliphatic carbocycles. The summed E-state index contributed by atoms with van der Waals surface area (Å²) >= 11 is 0. The van der Waals surface area contributed by atoms with Gasteiger partial charge in [-0.3, -0.25) is 0 Å². The summed E-state index contributed by atoms with van der Waals surface area (Å²) in [5.41, 5.74) is 7.06. The Morgan fingerprint density at radius 2 is 1.73 bits per heavy atom. The first-order valence-corrected chi connectivity index (χ1v) is 6.61. The molecular weight excluding hydrogens is 210 g/mol. The Balaban J connectivity index is 3.34. The molecule has 0 saturated heterocycles. The Kier molecular flexibility index (Phi) is 2.83. The lowest BCUT2D eigenvalue weighted by atomic mass is 9.87. The van der Waals surface area contributed by atoms with Crippen molar-refractivity contribution in [1.29, 1.82) is 0 Å². The van der Waals surface area contributed by atoms with E-state index >= 15 is 0 Å². The lowest BCUT2D eigenvalue weighted by Crippen LogP contribution is -2.12. The molecule has 2 N–H and O–H groups in total. The highest BCUT2D eigenvalue weighted by Gasteiger charge is 2.17. The third kappa shape index (κ3) is 2.72. The molecule has 0 bridgehead atoms. The van der Waals surface area contributed by atoms with Gasteiger partial charge in [0.1, 0.15) is 0 Å². The monoisotopic (exact) mass is 227 g/mol. The standard InChI is InChI=1S/C11H17NO2S/c1-11(2,3)8-5-6-10(9(12)7-8)15(4,13)14/h5-7H,12H2,1-4H3. The molecule has 1 rings (SSSR count). The molecule has 0 unspecified atom stereocenters. The number of anilines is 1. The number of hydrogen-bond acceptors (Lipinski definition) is 3. The van der Waals surface area contributed by atoms with Crippen LogP contribution in [0.15, 0.2) is 23.1 Å². The van der Waals surface area contributed by atoms with Gasteiger partial charge >= 0.3 is 0 Å². The third-order valence-corrected chi connectivity index (χ3v) is 3.45. The van der Waals surface area contributed by atoms with E-state index < -0.39 is 9.84 Å². The predicted octanol–water partition coefficient (Wildman–Crippen LogP) is 1.97. The summed E-state index contributed by atoms with van der Waals surface area (Å²) in [6.45, 7) is 6.17. The van der Waals surface area contributed by atoms with Crippen molar-refractivity contribution in [3.05, 3.63) is 23.8 Å². The van der Waals surface area contributed by atoms with E-state index in [0.717, 1.165) is 11.8 Å². The Hall–Kier alpha value is -1.03. The number of hydrogen-bond donors (Lipinski definition) is 1. The predicted molar refractivity (Wildman–Crippen MR) is 62.7 cm³/mol. The summed E-state index contributed by atoms with van der Waals surface area (Å²) in [5.74, 6) is 0. The Labute approximate surface area is 91.2 Å². The molecule has 84 valence electrons. The molecule has 0 amide bonds. The lowest BCUT2D eigenvalue weighted by molar-refractivity contribution is 0.588. The van der Waals surface area contributed by atoms with Crippen molar-refractivity contribution in [2.75, 3.05) is 12.0 Å². The van der Waals surface area contributed by atoms with Gasteiger partial charge in [0.15, 0.2) is 9.84 Å². The molecule has 0 heterocycles. The Morgan fingerprint density at radius 1 is 1.20 bits per heavy atom. The van der Waals surface area contributed by atoms with Crippen LogP contribution >= 0.6 is 0 Å². The van der Waals surface area contributed by atoms with Gasteiger partial charge in [-0.15, -0.1) is 0 Å². The molecule has 3 nitrogen and oxygen atoms in total. The molecular formula is C11H17NO2S. The normalized spacial score (nSPS) is 12.8. The molecule has 0 fully saturated rings. The van der Waals surface area contributed by atoms with Crippen LogP contribution in [0, 0.1) is 0 Å². The molecule has 0 spiro atoms. The average Bonchev–Trinajstić information content (AvgIpc) is 1.99. The first kappa shape index (κ1) is 12.0. The number of benzene rings is 1. The van der Waals surface area contributed by atoms with Gasteiger partial charge in [-0.1, -0.05) is 26.8 Å². The first-order valence-electron chi connectivity index (χ1n) is 4.72. The third-order valence-electron chi connectivity index (χ3n) is 2.28. The highest BCUT2D eigenvalue weighted by atomic mass is 32.2. The average molecular weight is 227 g/mol. The summed E-state index contributed by atoms with van der Waals surface area (Å²) in [6.07, 6.45) is 1.16. The van der Waals surface area contributed by atoms with Crippen LogP contribution < -0.4 is 5.73 Å². The van der Waals surface area contributed by atoms with Crippen molar-refractivity contribution < 1.29 is 8.42 Å². The summed E-state index contributed by atoms with van der Waals surface area (Å²) in [5, 5.41) is 0. The van der Waals surface area contributed by atoms with E-state index in [9.17, 15) is 8.42 Å². The number of rotatable bonds is 1. The molecule has 4 heteroatoms. The van der Waals surface area contributed by atoms with Crippen LogP contribution in [0.1, 0.15) is 26.3 Å². The van der Waals surface area contributed by atoms with Gasteiger partial charge in [0.25, 0.3) is 0 Å². The van der Waals surface area contributed by atoms with Crippen LogP contribution in [0.25, 0.3) is 0 Å². The Morgan fingerprint density at radius 3 is 2.07 bits per heavy atom. The van der Waals surface area contributed by atoms with Gasteiger partial charge in [-0.05, 0) is 23.1 Å². The maximum atomic E-state index is 11.3. The van der Waals surface area contributed by atoms with Crippen LogP contribution in [0.3, 0.4) is 0 Å². The summed E-state index contributed by atoms with van der Waals surface area (Å²) in [4.78, 5) is 0.204. The van der Waals surface area contributed by atoms with Crippen LogP contribution in [0.5, 0.6) is 0 Å². The van der Waals surface area contributed by atoms with E-state index in [4.69, 9.17) is 5.73 Å². The van der Waals surface area contributed by atoms with E-state index in [2.05, 4.69) is 20.8 Å². The van der Waals surface area contributed by atoms with Crippen molar-refractivity contribution in [1.82, 2.24) is 0 Å². The lowest BCUT2D eigenvalue weighted by Gasteiger charge is -2.20. The first-order chi connectivity index (χ1) is 6.62. The molecule has 1 aromatic carbocycles. The van der Waals surface area contributed by atoms with Crippen molar-refractivity contribution >= 4 is 15.5 Å². The molecule has 0 aliphatic heterocycles. The fraction of sp³-hybridized carbons (Fsp3) is 0.455. The van der Waals surface area contributed by atoms with E-state index in [0.29, 0.717) is 5.69 Å². The number of nitrogens with two attached hydrogens (primary N) is 1. The van der Waals surface area contributed by atoms with E-state index in [-0.39, 0.29) is 10.3 Å². The minimum absolute atomic E-state index is 0.0237. The topological polar surface area (TPSA) is 60.2 Å². The fourth-order valence-corrected chi connectivity index (χ4v) is 2.15. The molecule has 0 radical (unpaired) electrons. The molecule has 0 saturated carbocycles. The summed E-state index contributed by atoms with van der Waals surface area (Å²) in [7, 11) is -3.22. The SMILES string of the molecule is CC(C)(C)c1ccc(S(C)(=O)=O)c(N)c1. The van der Waals surface area contributed by atoms with E-state index in [1.165, 1.54) is 0 Å². The van der Waals surface area contributed by atoms with Gasteiger partial charge < -0.3 is 5.73 Å².